The molecule has 1 unspecified atom stereocenters. The quantitative estimate of drug-likeness (QED) is 0.702. The zero-order chi connectivity index (χ0) is 11.4. The molecule has 86 valence electrons. The second-order valence-electron chi connectivity index (χ2n) is 4.84. The van der Waals surface area contributed by atoms with E-state index in [0.717, 1.165) is 18.4 Å². The summed E-state index contributed by atoms with van der Waals surface area (Å²) in [5.41, 5.74) is 3.99. The van der Waals surface area contributed by atoms with E-state index < -0.39 is 6.10 Å². The number of allylic oxidation sites excluding steroid dienone is 3. The first kappa shape index (κ1) is 11.5. The van der Waals surface area contributed by atoms with Crippen molar-refractivity contribution in [1.82, 2.24) is 0 Å². The Balaban J connectivity index is 2.23. The molecular weight excluding hydrogens is 196 g/mol. The Hall–Kier alpha value is -1.00. The highest BCUT2D eigenvalue weighted by molar-refractivity contribution is 5.36. The van der Waals surface area contributed by atoms with Gasteiger partial charge in [-0.25, -0.2) is 0 Å². The van der Waals surface area contributed by atoms with Crippen LogP contribution in [0, 0.1) is 12.3 Å². The smallest absolute Gasteiger partial charge is 0.136 e. The summed E-state index contributed by atoms with van der Waals surface area (Å²) in [5, 5.41) is 9.80. The summed E-state index contributed by atoms with van der Waals surface area (Å²) < 4.78 is 0. The SMILES string of the molecule is C#CC(O)C1=C(C=C2CCCC2)CCCC1. The van der Waals surface area contributed by atoms with Gasteiger partial charge in [0, 0.05) is 0 Å². The highest BCUT2D eigenvalue weighted by Crippen LogP contribution is 2.32. The highest BCUT2D eigenvalue weighted by Gasteiger charge is 2.17. The van der Waals surface area contributed by atoms with Gasteiger partial charge in [-0.15, -0.1) is 6.42 Å². The molecule has 1 heteroatoms. The van der Waals surface area contributed by atoms with E-state index in [2.05, 4.69) is 12.0 Å². The molecule has 1 atom stereocenters. The van der Waals surface area contributed by atoms with Gasteiger partial charge in [0.15, 0.2) is 0 Å². The third-order valence-corrected chi connectivity index (χ3v) is 3.67. The summed E-state index contributed by atoms with van der Waals surface area (Å²) in [6.07, 6.45) is 16.6. The molecule has 1 fully saturated rings. The van der Waals surface area contributed by atoms with Gasteiger partial charge in [-0.1, -0.05) is 17.6 Å². The summed E-state index contributed by atoms with van der Waals surface area (Å²) in [6.45, 7) is 0. The molecule has 0 aromatic carbocycles. The predicted octanol–water partition coefficient (Wildman–Crippen LogP) is 3.35. The van der Waals surface area contributed by atoms with Crippen molar-refractivity contribution in [2.45, 2.75) is 57.5 Å². The first-order valence-electron chi connectivity index (χ1n) is 6.37. The van der Waals surface area contributed by atoms with E-state index in [0.29, 0.717) is 0 Å². The van der Waals surface area contributed by atoms with Crippen LogP contribution in [0.15, 0.2) is 22.8 Å². The van der Waals surface area contributed by atoms with Crippen LogP contribution in [0.3, 0.4) is 0 Å². The molecule has 16 heavy (non-hydrogen) atoms. The Labute approximate surface area is 98.3 Å². The largest absolute Gasteiger partial charge is 0.376 e. The minimum Gasteiger partial charge on any atom is -0.376 e. The van der Waals surface area contributed by atoms with Crippen LogP contribution in [0.4, 0.5) is 0 Å². The third kappa shape index (κ3) is 2.57. The number of rotatable bonds is 2. The molecular formula is C15H20O. The lowest BCUT2D eigenvalue weighted by atomic mass is 9.87. The molecule has 0 amide bonds. The van der Waals surface area contributed by atoms with Gasteiger partial charge in [-0.2, -0.15) is 0 Å². The molecule has 0 aromatic rings. The summed E-state index contributed by atoms with van der Waals surface area (Å²) >= 11 is 0. The van der Waals surface area contributed by atoms with E-state index in [4.69, 9.17) is 6.42 Å². The van der Waals surface area contributed by atoms with E-state index in [9.17, 15) is 5.11 Å². The molecule has 1 nitrogen and oxygen atoms in total. The number of hydrogen-bond donors (Lipinski definition) is 1. The molecule has 2 rings (SSSR count). The molecule has 1 N–H and O–H groups in total. The summed E-state index contributed by atoms with van der Waals surface area (Å²) in [7, 11) is 0. The zero-order valence-electron chi connectivity index (χ0n) is 9.84. The number of aliphatic hydroxyl groups is 1. The monoisotopic (exact) mass is 216 g/mol. The Bertz CT molecular complexity index is 346. The average Bonchev–Trinajstić information content (AvgIpc) is 2.82. The summed E-state index contributed by atoms with van der Waals surface area (Å²) in [6, 6.07) is 0. The lowest BCUT2D eigenvalue weighted by molar-refractivity contribution is 0.259. The van der Waals surface area contributed by atoms with Crippen molar-refractivity contribution in [3.8, 4) is 12.3 Å². The number of aliphatic hydroxyl groups excluding tert-OH is 1. The van der Waals surface area contributed by atoms with E-state index in [1.807, 2.05) is 0 Å². The van der Waals surface area contributed by atoms with Crippen molar-refractivity contribution in [1.29, 1.82) is 0 Å². The van der Waals surface area contributed by atoms with Crippen molar-refractivity contribution >= 4 is 0 Å². The maximum Gasteiger partial charge on any atom is 0.136 e. The molecule has 2 aliphatic rings. The Kier molecular flexibility index (Phi) is 3.85. The molecule has 0 heterocycles. The molecule has 0 bridgehead atoms. The number of terminal acetylenes is 1. The van der Waals surface area contributed by atoms with Crippen LogP contribution in [0.1, 0.15) is 51.4 Å². The number of hydrogen-bond acceptors (Lipinski definition) is 1. The Morgan fingerprint density at radius 1 is 1.06 bits per heavy atom. The van der Waals surface area contributed by atoms with Crippen LogP contribution in [0.2, 0.25) is 0 Å². The van der Waals surface area contributed by atoms with E-state index in [-0.39, 0.29) is 0 Å². The fraction of sp³-hybridized carbons (Fsp3) is 0.600. The van der Waals surface area contributed by atoms with E-state index in [1.54, 1.807) is 5.57 Å². The molecule has 2 aliphatic carbocycles. The van der Waals surface area contributed by atoms with Crippen LogP contribution in [-0.2, 0) is 0 Å². The van der Waals surface area contributed by atoms with Gasteiger partial charge in [-0.3, -0.25) is 0 Å². The van der Waals surface area contributed by atoms with Gasteiger partial charge in [0.2, 0.25) is 0 Å². The first-order valence-corrected chi connectivity index (χ1v) is 6.37. The maximum absolute atomic E-state index is 9.80. The van der Waals surface area contributed by atoms with Crippen molar-refractivity contribution in [3.05, 3.63) is 22.8 Å². The standard InChI is InChI=1S/C15H20O/c1-2-15(16)14-10-6-5-9-13(14)11-12-7-3-4-8-12/h1,11,15-16H,3-10H2. The Morgan fingerprint density at radius 3 is 2.38 bits per heavy atom. The van der Waals surface area contributed by atoms with E-state index >= 15 is 0 Å². The van der Waals surface area contributed by atoms with Gasteiger partial charge in [-0.05, 0) is 62.5 Å². The van der Waals surface area contributed by atoms with Gasteiger partial charge >= 0.3 is 0 Å². The molecule has 1 saturated carbocycles. The highest BCUT2D eigenvalue weighted by atomic mass is 16.3. The van der Waals surface area contributed by atoms with Gasteiger partial charge in [0.25, 0.3) is 0 Å². The van der Waals surface area contributed by atoms with Crippen molar-refractivity contribution in [3.63, 3.8) is 0 Å². The third-order valence-electron chi connectivity index (χ3n) is 3.67. The van der Waals surface area contributed by atoms with Crippen molar-refractivity contribution in [2.24, 2.45) is 0 Å². The molecule has 0 radical (unpaired) electrons. The van der Waals surface area contributed by atoms with Crippen molar-refractivity contribution < 1.29 is 5.11 Å². The molecule has 0 spiro atoms. The van der Waals surface area contributed by atoms with Crippen molar-refractivity contribution in [2.75, 3.05) is 0 Å². The minimum atomic E-state index is -0.659. The lowest BCUT2D eigenvalue weighted by Crippen LogP contribution is -2.12. The minimum absolute atomic E-state index is 0.659. The maximum atomic E-state index is 9.80. The lowest BCUT2D eigenvalue weighted by Gasteiger charge is -2.20. The second kappa shape index (κ2) is 5.37. The fourth-order valence-electron chi connectivity index (χ4n) is 2.75. The van der Waals surface area contributed by atoms with Crippen LogP contribution in [0.25, 0.3) is 0 Å². The molecule has 0 aliphatic heterocycles. The summed E-state index contributed by atoms with van der Waals surface area (Å²) in [5.74, 6) is 2.46. The average molecular weight is 216 g/mol. The fourth-order valence-corrected chi connectivity index (χ4v) is 2.75. The second-order valence-corrected chi connectivity index (χ2v) is 4.84. The topological polar surface area (TPSA) is 20.2 Å². The molecule has 0 saturated heterocycles. The normalized spacial score (nSPS) is 23.1. The van der Waals surface area contributed by atoms with Gasteiger partial charge in [0.1, 0.15) is 6.10 Å². The molecule has 0 aromatic heterocycles. The van der Waals surface area contributed by atoms with Gasteiger partial charge in [0.05, 0.1) is 0 Å². The zero-order valence-corrected chi connectivity index (χ0v) is 9.84. The van der Waals surface area contributed by atoms with Gasteiger partial charge < -0.3 is 5.11 Å². The van der Waals surface area contributed by atoms with Crippen LogP contribution >= 0.6 is 0 Å². The summed E-state index contributed by atoms with van der Waals surface area (Å²) in [4.78, 5) is 0. The van der Waals surface area contributed by atoms with Crippen LogP contribution in [0.5, 0.6) is 0 Å². The van der Waals surface area contributed by atoms with Crippen LogP contribution in [-0.4, -0.2) is 11.2 Å². The van der Waals surface area contributed by atoms with Crippen LogP contribution < -0.4 is 0 Å². The van der Waals surface area contributed by atoms with E-state index in [1.165, 1.54) is 44.1 Å². The Morgan fingerprint density at radius 2 is 1.69 bits per heavy atom. The predicted molar refractivity (Wildman–Crippen MR) is 66.9 cm³/mol. The first-order chi connectivity index (χ1) is 7.81.